The zero-order valence-corrected chi connectivity index (χ0v) is 7.25. The summed E-state index contributed by atoms with van der Waals surface area (Å²) in [5, 5.41) is 0. The van der Waals surface area contributed by atoms with Crippen LogP contribution in [0.5, 0.6) is 0 Å². The molecule has 12 heavy (non-hydrogen) atoms. The molecule has 0 bridgehead atoms. The van der Waals surface area contributed by atoms with Crippen molar-refractivity contribution in [2.75, 3.05) is 26.7 Å². The quantitative estimate of drug-likeness (QED) is 0.531. The van der Waals surface area contributed by atoms with Gasteiger partial charge in [-0.15, -0.1) is 0 Å². The number of piperazine rings is 1. The Bertz CT molecular complexity index is 201. The van der Waals surface area contributed by atoms with Crippen molar-refractivity contribution in [3.8, 4) is 0 Å². The van der Waals surface area contributed by atoms with E-state index in [2.05, 4.69) is 6.92 Å². The number of hydrogen-bond donors (Lipinski definition) is 0. The smallest absolute Gasteiger partial charge is 0.241 e. The highest BCUT2D eigenvalue weighted by molar-refractivity contribution is 5.86. The van der Waals surface area contributed by atoms with E-state index >= 15 is 0 Å². The molecule has 4 heteroatoms. The van der Waals surface area contributed by atoms with Gasteiger partial charge in [-0.2, -0.15) is 0 Å². The molecule has 0 spiro atoms. The molecule has 67 valence electrons. The second-order valence-corrected chi connectivity index (χ2v) is 2.88. The molecule has 4 nitrogen and oxygen atoms in total. The minimum Gasteiger partial charge on any atom is -0.342 e. The Kier molecular flexibility index (Phi) is 2.68. The number of carbonyl (C=O) groups excluding carboxylic acids is 2. The summed E-state index contributed by atoms with van der Waals surface area (Å²) in [4.78, 5) is 25.4. The number of rotatable bonds is 1. The normalized spacial score (nSPS) is 18.3. The molecule has 0 atom stereocenters. The van der Waals surface area contributed by atoms with Crippen LogP contribution in [0.1, 0.15) is 6.42 Å². The van der Waals surface area contributed by atoms with E-state index in [1.807, 2.05) is 0 Å². The number of carbonyl (C=O) groups is 2. The lowest BCUT2D eigenvalue weighted by Gasteiger charge is -2.31. The van der Waals surface area contributed by atoms with Gasteiger partial charge in [-0.05, 0) is 6.92 Å². The van der Waals surface area contributed by atoms with Gasteiger partial charge in [-0.1, -0.05) is 0 Å². The average molecular weight is 169 g/mol. The standard InChI is InChI=1S/C8H13N2O2/c1-3-7(11)10-5-4-9(2)8(12)6-10/h1,3-6H2,2H3. The van der Waals surface area contributed by atoms with Gasteiger partial charge in [0.2, 0.25) is 11.8 Å². The molecular weight excluding hydrogens is 156 g/mol. The molecule has 2 amide bonds. The zero-order valence-electron chi connectivity index (χ0n) is 7.25. The van der Waals surface area contributed by atoms with Gasteiger partial charge in [-0.25, -0.2) is 0 Å². The van der Waals surface area contributed by atoms with Gasteiger partial charge < -0.3 is 9.80 Å². The molecule has 0 saturated carbocycles. The molecule has 0 unspecified atom stereocenters. The van der Waals surface area contributed by atoms with E-state index in [0.29, 0.717) is 13.1 Å². The molecule has 0 N–H and O–H groups in total. The van der Waals surface area contributed by atoms with Crippen LogP contribution in [-0.4, -0.2) is 48.3 Å². The van der Waals surface area contributed by atoms with Gasteiger partial charge in [0.25, 0.3) is 0 Å². The van der Waals surface area contributed by atoms with Crippen LogP contribution in [-0.2, 0) is 9.59 Å². The van der Waals surface area contributed by atoms with Gasteiger partial charge in [-0.3, -0.25) is 9.59 Å². The molecule has 1 aliphatic heterocycles. The Labute approximate surface area is 72.1 Å². The summed E-state index contributed by atoms with van der Waals surface area (Å²) in [5.41, 5.74) is 0. The van der Waals surface area contributed by atoms with Gasteiger partial charge in [0.1, 0.15) is 0 Å². The molecule has 0 aromatic rings. The van der Waals surface area contributed by atoms with Crippen LogP contribution in [0.2, 0.25) is 0 Å². The van der Waals surface area contributed by atoms with Crippen molar-refractivity contribution >= 4 is 11.8 Å². The van der Waals surface area contributed by atoms with Gasteiger partial charge in [0.05, 0.1) is 6.54 Å². The lowest BCUT2D eigenvalue weighted by Crippen LogP contribution is -2.50. The largest absolute Gasteiger partial charge is 0.342 e. The lowest BCUT2D eigenvalue weighted by molar-refractivity contribution is -0.143. The van der Waals surface area contributed by atoms with Crippen LogP contribution < -0.4 is 0 Å². The van der Waals surface area contributed by atoms with Crippen molar-refractivity contribution in [2.24, 2.45) is 0 Å². The first kappa shape index (κ1) is 9.03. The van der Waals surface area contributed by atoms with Crippen LogP contribution in [0, 0.1) is 6.92 Å². The highest BCUT2D eigenvalue weighted by atomic mass is 16.2. The highest BCUT2D eigenvalue weighted by Gasteiger charge is 2.23. The molecule has 1 fully saturated rings. The SMILES string of the molecule is [CH2]CC(=O)N1CCN(C)C(=O)C1. The van der Waals surface area contributed by atoms with Gasteiger partial charge >= 0.3 is 0 Å². The third-order valence-electron chi connectivity index (χ3n) is 2.02. The third kappa shape index (κ3) is 1.75. The Morgan fingerprint density at radius 3 is 2.75 bits per heavy atom. The number of nitrogens with zero attached hydrogens (tertiary/aromatic N) is 2. The summed E-state index contributed by atoms with van der Waals surface area (Å²) in [7, 11) is 1.74. The summed E-state index contributed by atoms with van der Waals surface area (Å²) < 4.78 is 0. The fourth-order valence-corrected chi connectivity index (χ4v) is 1.13. The predicted octanol–water partition coefficient (Wildman–Crippen LogP) is -0.489. The van der Waals surface area contributed by atoms with Crippen LogP contribution in [0.15, 0.2) is 0 Å². The Morgan fingerprint density at radius 2 is 2.25 bits per heavy atom. The van der Waals surface area contributed by atoms with E-state index in [9.17, 15) is 9.59 Å². The number of hydrogen-bond acceptors (Lipinski definition) is 2. The first-order chi connectivity index (χ1) is 5.65. The topological polar surface area (TPSA) is 40.6 Å². The maximum Gasteiger partial charge on any atom is 0.241 e. The lowest BCUT2D eigenvalue weighted by atomic mass is 10.3. The van der Waals surface area contributed by atoms with E-state index in [1.165, 1.54) is 0 Å². The first-order valence-corrected chi connectivity index (χ1v) is 3.96. The number of likely N-dealkylation sites (N-methyl/N-ethyl adjacent to an activating group) is 1. The van der Waals surface area contributed by atoms with E-state index in [4.69, 9.17) is 0 Å². The fraction of sp³-hybridized carbons (Fsp3) is 0.625. The van der Waals surface area contributed by atoms with Crippen LogP contribution in [0.25, 0.3) is 0 Å². The minimum absolute atomic E-state index is 0.00282. The first-order valence-electron chi connectivity index (χ1n) is 3.96. The third-order valence-corrected chi connectivity index (χ3v) is 2.02. The summed E-state index contributed by atoms with van der Waals surface area (Å²) >= 11 is 0. The monoisotopic (exact) mass is 169 g/mol. The summed E-state index contributed by atoms with van der Waals surface area (Å²) in [5.74, 6) is -0.0421. The molecule has 1 heterocycles. The molecule has 0 aromatic carbocycles. The Morgan fingerprint density at radius 1 is 1.58 bits per heavy atom. The fourth-order valence-electron chi connectivity index (χ4n) is 1.13. The van der Waals surface area contributed by atoms with Gasteiger partial charge in [0.15, 0.2) is 0 Å². The maximum absolute atomic E-state index is 11.1. The maximum atomic E-state index is 11.1. The molecule has 1 saturated heterocycles. The van der Waals surface area contributed by atoms with Crippen molar-refractivity contribution in [2.45, 2.75) is 6.42 Å². The summed E-state index contributed by atoms with van der Waals surface area (Å²) in [6, 6.07) is 0. The number of amides is 2. The van der Waals surface area contributed by atoms with E-state index in [-0.39, 0.29) is 24.8 Å². The Hall–Kier alpha value is -1.06. The van der Waals surface area contributed by atoms with Gasteiger partial charge in [0, 0.05) is 26.6 Å². The molecule has 1 aliphatic rings. The van der Waals surface area contributed by atoms with Crippen LogP contribution in [0.3, 0.4) is 0 Å². The summed E-state index contributed by atoms with van der Waals surface area (Å²) in [6.45, 7) is 4.97. The average Bonchev–Trinajstić information content (AvgIpc) is 2.08. The molecule has 1 radical (unpaired) electrons. The summed E-state index contributed by atoms with van der Waals surface area (Å²) in [6.07, 6.45) is 0.233. The van der Waals surface area contributed by atoms with Crippen molar-refractivity contribution in [3.05, 3.63) is 6.92 Å². The van der Waals surface area contributed by atoms with Crippen molar-refractivity contribution in [3.63, 3.8) is 0 Å². The zero-order chi connectivity index (χ0) is 9.14. The van der Waals surface area contributed by atoms with Crippen molar-refractivity contribution in [1.82, 2.24) is 9.80 Å². The van der Waals surface area contributed by atoms with E-state index in [0.717, 1.165) is 0 Å². The Balaban J connectivity index is 2.51. The molecule has 0 aromatic heterocycles. The van der Waals surface area contributed by atoms with Crippen molar-refractivity contribution in [1.29, 1.82) is 0 Å². The molecule has 0 aliphatic carbocycles. The second-order valence-electron chi connectivity index (χ2n) is 2.88. The van der Waals surface area contributed by atoms with E-state index in [1.54, 1.807) is 16.8 Å². The van der Waals surface area contributed by atoms with Crippen LogP contribution in [0.4, 0.5) is 0 Å². The van der Waals surface area contributed by atoms with E-state index < -0.39 is 0 Å². The molecule has 1 rings (SSSR count). The minimum atomic E-state index is -0.0450. The highest BCUT2D eigenvalue weighted by Crippen LogP contribution is 2.02. The second kappa shape index (κ2) is 3.56. The van der Waals surface area contributed by atoms with Crippen molar-refractivity contribution < 1.29 is 9.59 Å². The predicted molar refractivity (Wildman–Crippen MR) is 44.2 cm³/mol. The van der Waals surface area contributed by atoms with Crippen LogP contribution >= 0.6 is 0 Å². The molecular formula is C8H13N2O2.